The van der Waals surface area contributed by atoms with E-state index in [1.54, 1.807) is 33.8 Å². The van der Waals surface area contributed by atoms with E-state index >= 15 is 0 Å². The summed E-state index contributed by atoms with van der Waals surface area (Å²) in [7, 11) is 0. The number of amides is 1. The summed E-state index contributed by atoms with van der Waals surface area (Å²) in [6, 6.07) is 6.51. The first-order valence-corrected chi connectivity index (χ1v) is 9.44. The van der Waals surface area contributed by atoms with Gasteiger partial charge in [0, 0.05) is 13.1 Å². The van der Waals surface area contributed by atoms with E-state index in [0.29, 0.717) is 19.0 Å². The number of nitrogens with zero attached hydrogens (tertiary/aromatic N) is 4. The molecule has 1 aromatic heterocycles. The molecular weight excluding hydrogens is 360 g/mol. The first kappa shape index (κ1) is 19.9. The number of piperidine rings is 1. The van der Waals surface area contributed by atoms with Crippen molar-refractivity contribution >= 4 is 12.1 Å². The Hall–Kier alpha value is -2.90. The second-order valence-electron chi connectivity index (χ2n) is 8.12. The normalized spacial score (nSPS) is 15.5. The molecule has 0 atom stereocenters. The van der Waals surface area contributed by atoms with Gasteiger partial charge in [-0.2, -0.15) is 0 Å². The van der Waals surface area contributed by atoms with Crippen molar-refractivity contribution in [2.45, 2.75) is 45.6 Å². The molecule has 0 radical (unpaired) electrons. The minimum atomic E-state index is -0.955. The van der Waals surface area contributed by atoms with Gasteiger partial charge in [-0.15, -0.1) is 5.10 Å². The average molecular weight is 386 g/mol. The maximum atomic E-state index is 12.1. The van der Waals surface area contributed by atoms with Crippen LogP contribution < -0.4 is 0 Å². The molecule has 1 aromatic carbocycles. The number of hydrogen-bond donors (Lipinski definition) is 1. The molecule has 1 fully saturated rings. The Morgan fingerprint density at radius 3 is 2.39 bits per heavy atom. The van der Waals surface area contributed by atoms with Crippen molar-refractivity contribution in [1.29, 1.82) is 0 Å². The Bertz CT molecular complexity index is 831. The molecule has 1 saturated heterocycles. The molecule has 0 saturated carbocycles. The number of carboxylic acid groups (broad SMARTS) is 1. The molecule has 2 heterocycles. The average Bonchev–Trinajstić information content (AvgIpc) is 3.09. The Morgan fingerprint density at radius 2 is 1.82 bits per heavy atom. The topological polar surface area (TPSA) is 97.5 Å². The number of ether oxygens (including phenoxy) is 1. The van der Waals surface area contributed by atoms with Crippen LogP contribution in [0.2, 0.25) is 0 Å². The molecule has 8 heteroatoms. The monoisotopic (exact) mass is 386 g/mol. The molecule has 0 aliphatic carbocycles. The number of carbonyl (C=O) groups is 2. The molecule has 1 amide bonds. The fourth-order valence-corrected chi connectivity index (χ4v) is 3.22. The van der Waals surface area contributed by atoms with Gasteiger partial charge in [-0.25, -0.2) is 14.3 Å². The van der Waals surface area contributed by atoms with Gasteiger partial charge in [0.15, 0.2) is 0 Å². The lowest BCUT2D eigenvalue weighted by Gasteiger charge is -2.33. The number of aromatic carboxylic acids is 1. The number of aromatic nitrogens is 3. The van der Waals surface area contributed by atoms with Crippen LogP contribution in [0.3, 0.4) is 0 Å². The van der Waals surface area contributed by atoms with Gasteiger partial charge >= 0.3 is 12.1 Å². The molecule has 1 aliphatic rings. The molecule has 1 aliphatic heterocycles. The lowest BCUT2D eigenvalue weighted by atomic mass is 9.92. The van der Waals surface area contributed by atoms with E-state index in [2.05, 4.69) is 10.3 Å². The van der Waals surface area contributed by atoms with Crippen molar-refractivity contribution < 1.29 is 19.4 Å². The Kier molecular flexibility index (Phi) is 5.67. The highest BCUT2D eigenvalue weighted by atomic mass is 16.6. The number of hydrogen-bond acceptors (Lipinski definition) is 5. The number of rotatable bonds is 4. The molecule has 2 aromatic rings. The van der Waals surface area contributed by atoms with Crippen LogP contribution in [0.4, 0.5) is 4.79 Å². The largest absolute Gasteiger partial charge is 0.478 e. The van der Waals surface area contributed by atoms with E-state index in [-0.39, 0.29) is 11.7 Å². The predicted molar refractivity (Wildman–Crippen MR) is 103 cm³/mol. The first-order valence-electron chi connectivity index (χ1n) is 9.44. The third-order valence-electron chi connectivity index (χ3n) is 4.68. The zero-order valence-electron chi connectivity index (χ0n) is 16.5. The Labute approximate surface area is 164 Å². The minimum Gasteiger partial charge on any atom is -0.478 e. The van der Waals surface area contributed by atoms with Crippen LogP contribution in [0.1, 0.15) is 49.7 Å². The molecule has 0 spiro atoms. The predicted octanol–water partition coefficient (Wildman–Crippen LogP) is 3.16. The van der Waals surface area contributed by atoms with Gasteiger partial charge in [-0.05, 0) is 70.2 Å². The summed E-state index contributed by atoms with van der Waals surface area (Å²) in [5.41, 5.74) is 1.41. The summed E-state index contributed by atoms with van der Waals surface area (Å²) in [4.78, 5) is 24.9. The van der Waals surface area contributed by atoms with Gasteiger partial charge in [0.1, 0.15) is 5.60 Å². The number of benzene rings is 1. The van der Waals surface area contributed by atoms with Crippen molar-refractivity contribution in [2.75, 3.05) is 13.1 Å². The number of likely N-dealkylation sites (tertiary alicyclic amines) is 1. The van der Waals surface area contributed by atoms with Crippen molar-refractivity contribution in [3.05, 3.63) is 41.7 Å². The smallest absolute Gasteiger partial charge is 0.410 e. The van der Waals surface area contributed by atoms with Gasteiger partial charge in [-0.1, -0.05) is 5.21 Å². The maximum absolute atomic E-state index is 12.1. The van der Waals surface area contributed by atoms with Crippen molar-refractivity contribution in [3.63, 3.8) is 0 Å². The lowest BCUT2D eigenvalue weighted by molar-refractivity contribution is 0.0184. The van der Waals surface area contributed by atoms with E-state index in [0.717, 1.165) is 30.6 Å². The van der Waals surface area contributed by atoms with Crippen LogP contribution in [0.25, 0.3) is 5.69 Å². The van der Waals surface area contributed by atoms with Crippen LogP contribution in [0.5, 0.6) is 0 Å². The molecule has 3 rings (SSSR count). The van der Waals surface area contributed by atoms with Crippen LogP contribution in [0, 0.1) is 5.92 Å². The summed E-state index contributed by atoms with van der Waals surface area (Å²) in [5.74, 6) is -0.512. The maximum Gasteiger partial charge on any atom is 0.410 e. The Balaban J connectivity index is 1.53. The van der Waals surface area contributed by atoms with Crippen LogP contribution in [0.15, 0.2) is 30.5 Å². The van der Waals surface area contributed by atoms with Gasteiger partial charge in [-0.3, -0.25) is 0 Å². The second-order valence-corrected chi connectivity index (χ2v) is 8.12. The molecule has 0 bridgehead atoms. The van der Waals surface area contributed by atoms with Crippen LogP contribution in [-0.4, -0.2) is 55.8 Å². The highest BCUT2D eigenvalue weighted by Gasteiger charge is 2.27. The summed E-state index contributed by atoms with van der Waals surface area (Å²) < 4.78 is 7.08. The zero-order valence-corrected chi connectivity index (χ0v) is 16.5. The van der Waals surface area contributed by atoms with E-state index < -0.39 is 11.6 Å². The molecule has 28 heavy (non-hydrogen) atoms. The zero-order chi connectivity index (χ0) is 20.3. The molecule has 8 nitrogen and oxygen atoms in total. The van der Waals surface area contributed by atoms with Crippen molar-refractivity contribution in [3.8, 4) is 5.69 Å². The highest BCUT2D eigenvalue weighted by molar-refractivity contribution is 5.87. The Morgan fingerprint density at radius 1 is 1.18 bits per heavy atom. The second kappa shape index (κ2) is 8.00. The number of carbonyl (C=O) groups excluding carboxylic acids is 1. The highest BCUT2D eigenvalue weighted by Crippen LogP contribution is 2.23. The summed E-state index contributed by atoms with van der Waals surface area (Å²) in [6.45, 7) is 6.98. The molecule has 0 unspecified atom stereocenters. The van der Waals surface area contributed by atoms with E-state index in [4.69, 9.17) is 9.84 Å². The summed E-state index contributed by atoms with van der Waals surface area (Å²) in [6.07, 6.45) is 4.23. The van der Waals surface area contributed by atoms with Crippen LogP contribution in [-0.2, 0) is 11.2 Å². The summed E-state index contributed by atoms with van der Waals surface area (Å²) in [5, 5.41) is 17.4. The lowest BCUT2D eigenvalue weighted by Crippen LogP contribution is -2.42. The number of carboxylic acids is 1. The molecule has 1 N–H and O–H groups in total. The first-order chi connectivity index (χ1) is 13.2. The quantitative estimate of drug-likeness (QED) is 0.867. The van der Waals surface area contributed by atoms with E-state index in [1.165, 1.54) is 0 Å². The SMILES string of the molecule is CC(C)(C)OC(=O)N1CCC(Cc2cn(-c3ccc(C(=O)O)cc3)nn2)CC1. The van der Waals surface area contributed by atoms with Crippen LogP contribution >= 0.6 is 0 Å². The molecule has 150 valence electrons. The molecular formula is C20H26N4O4. The third-order valence-corrected chi connectivity index (χ3v) is 4.68. The fourth-order valence-electron chi connectivity index (χ4n) is 3.22. The van der Waals surface area contributed by atoms with Gasteiger partial charge in [0.05, 0.1) is 23.1 Å². The summed E-state index contributed by atoms with van der Waals surface area (Å²) >= 11 is 0. The van der Waals surface area contributed by atoms with Crippen molar-refractivity contribution in [2.24, 2.45) is 5.92 Å². The third kappa shape index (κ3) is 5.09. The van der Waals surface area contributed by atoms with E-state index in [9.17, 15) is 9.59 Å². The van der Waals surface area contributed by atoms with Crippen molar-refractivity contribution in [1.82, 2.24) is 19.9 Å². The minimum absolute atomic E-state index is 0.237. The standard InChI is InChI=1S/C20H26N4O4/c1-20(2,3)28-19(27)23-10-8-14(9-11-23)12-16-13-24(22-21-16)17-6-4-15(5-7-17)18(25)26/h4-7,13-14H,8-12H2,1-3H3,(H,25,26). The van der Waals surface area contributed by atoms with E-state index in [1.807, 2.05) is 27.0 Å². The van der Waals surface area contributed by atoms with Gasteiger partial charge in [0.25, 0.3) is 0 Å². The van der Waals surface area contributed by atoms with Gasteiger partial charge < -0.3 is 14.7 Å². The van der Waals surface area contributed by atoms with Gasteiger partial charge in [0.2, 0.25) is 0 Å². The fraction of sp³-hybridized carbons (Fsp3) is 0.500.